The number of nitrogens with one attached hydrogen (secondary N) is 2. The van der Waals surface area contributed by atoms with Crippen molar-refractivity contribution in [1.29, 1.82) is 0 Å². The maximum Gasteiger partial charge on any atom is 0.227 e. The molecule has 0 aliphatic heterocycles. The van der Waals surface area contributed by atoms with Gasteiger partial charge >= 0.3 is 0 Å². The van der Waals surface area contributed by atoms with Gasteiger partial charge in [-0.3, -0.25) is 14.6 Å². The number of amides is 2. The van der Waals surface area contributed by atoms with Gasteiger partial charge in [0.25, 0.3) is 0 Å². The minimum Gasteiger partial charge on any atom is -0.353 e. The number of aromatic nitrogens is 2. The van der Waals surface area contributed by atoms with Crippen LogP contribution in [0.15, 0.2) is 18.6 Å². The summed E-state index contributed by atoms with van der Waals surface area (Å²) >= 11 is 0. The Morgan fingerprint density at radius 3 is 2.71 bits per heavy atom. The molecule has 1 heterocycles. The second kappa shape index (κ2) is 7.71. The highest BCUT2D eigenvalue weighted by Gasteiger charge is 2.22. The lowest BCUT2D eigenvalue weighted by atomic mass is 9.88. The zero-order valence-corrected chi connectivity index (χ0v) is 12.3. The Hall–Kier alpha value is -1.98. The third-order valence-corrected chi connectivity index (χ3v) is 3.69. The summed E-state index contributed by atoms with van der Waals surface area (Å²) in [4.78, 5) is 31.8. The average molecular weight is 290 g/mol. The topological polar surface area (TPSA) is 84.0 Å². The summed E-state index contributed by atoms with van der Waals surface area (Å²) in [5, 5.41) is 5.59. The van der Waals surface area contributed by atoms with E-state index in [0.717, 1.165) is 25.7 Å². The lowest BCUT2D eigenvalue weighted by molar-refractivity contribution is -0.126. The van der Waals surface area contributed by atoms with Gasteiger partial charge in [0, 0.05) is 30.8 Å². The molecule has 1 atom stereocenters. The number of anilines is 1. The molecule has 6 nitrogen and oxygen atoms in total. The van der Waals surface area contributed by atoms with Gasteiger partial charge in [-0.25, -0.2) is 4.98 Å². The van der Waals surface area contributed by atoms with Crippen molar-refractivity contribution in [3.05, 3.63) is 18.6 Å². The van der Waals surface area contributed by atoms with Crippen molar-refractivity contribution in [3.63, 3.8) is 0 Å². The van der Waals surface area contributed by atoms with Crippen LogP contribution in [0.3, 0.4) is 0 Å². The van der Waals surface area contributed by atoms with Crippen molar-refractivity contribution < 1.29 is 9.59 Å². The summed E-state index contributed by atoms with van der Waals surface area (Å²) < 4.78 is 0. The van der Waals surface area contributed by atoms with Crippen LogP contribution >= 0.6 is 0 Å². The predicted molar refractivity (Wildman–Crippen MR) is 79.5 cm³/mol. The fourth-order valence-corrected chi connectivity index (χ4v) is 2.61. The SMILES string of the molecule is C[C@@H](CC(=O)Nc1cnccn1)NC(=O)C1CCCCC1. The number of hydrogen-bond acceptors (Lipinski definition) is 4. The van der Waals surface area contributed by atoms with Crippen LogP contribution < -0.4 is 10.6 Å². The van der Waals surface area contributed by atoms with Crippen LogP contribution in [0.1, 0.15) is 45.4 Å². The first kappa shape index (κ1) is 15.4. The van der Waals surface area contributed by atoms with Gasteiger partial charge < -0.3 is 10.6 Å². The monoisotopic (exact) mass is 290 g/mol. The lowest BCUT2D eigenvalue weighted by Gasteiger charge is -2.23. The zero-order valence-electron chi connectivity index (χ0n) is 12.3. The standard InChI is InChI=1S/C15H22N4O2/c1-11(18-15(21)12-5-3-2-4-6-12)9-14(20)19-13-10-16-7-8-17-13/h7-8,10-12H,2-6,9H2,1H3,(H,18,21)(H,17,19,20)/t11-/m0/s1. The van der Waals surface area contributed by atoms with E-state index >= 15 is 0 Å². The Kier molecular flexibility index (Phi) is 5.66. The zero-order chi connectivity index (χ0) is 15.1. The summed E-state index contributed by atoms with van der Waals surface area (Å²) in [5.74, 6) is 0.444. The largest absolute Gasteiger partial charge is 0.353 e. The fourth-order valence-electron chi connectivity index (χ4n) is 2.61. The van der Waals surface area contributed by atoms with Crippen LogP contribution in [-0.2, 0) is 9.59 Å². The van der Waals surface area contributed by atoms with Gasteiger partial charge in [-0.2, -0.15) is 0 Å². The maximum atomic E-state index is 12.1. The number of nitrogens with zero attached hydrogens (tertiary/aromatic N) is 2. The molecule has 1 fully saturated rings. The number of carbonyl (C=O) groups excluding carboxylic acids is 2. The highest BCUT2D eigenvalue weighted by Crippen LogP contribution is 2.23. The summed E-state index contributed by atoms with van der Waals surface area (Å²) in [6.07, 6.45) is 10.2. The Balaban J connectivity index is 1.74. The number of carbonyl (C=O) groups is 2. The number of rotatable bonds is 5. The minimum atomic E-state index is -0.184. The molecular formula is C15H22N4O2. The van der Waals surface area contributed by atoms with E-state index in [1.165, 1.54) is 18.8 Å². The van der Waals surface area contributed by atoms with E-state index in [9.17, 15) is 9.59 Å². The van der Waals surface area contributed by atoms with Crippen LogP contribution in [0.25, 0.3) is 0 Å². The molecule has 0 radical (unpaired) electrons. The number of hydrogen-bond donors (Lipinski definition) is 2. The molecular weight excluding hydrogens is 268 g/mol. The van der Waals surface area contributed by atoms with E-state index in [4.69, 9.17) is 0 Å². The van der Waals surface area contributed by atoms with Crippen LogP contribution in [0.5, 0.6) is 0 Å². The molecule has 6 heteroatoms. The molecule has 21 heavy (non-hydrogen) atoms. The first-order chi connectivity index (χ1) is 10.1. The molecule has 0 spiro atoms. The Morgan fingerprint density at radius 1 is 1.29 bits per heavy atom. The average Bonchev–Trinajstić information content (AvgIpc) is 2.48. The molecule has 1 aromatic heterocycles. The summed E-state index contributed by atoms with van der Waals surface area (Å²) in [7, 11) is 0. The van der Waals surface area contributed by atoms with Crippen LogP contribution in [0, 0.1) is 5.92 Å². The normalized spacial score (nSPS) is 17.0. The maximum absolute atomic E-state index is 12.1. The molecule has 1 saturated carbocycles. The smallest absolute Gasteiger partial charge is 0.227 e. The molecule has 114 valence electrons. The molecule has 0 aromatic carbocycles. The molecule has 2 N–H and O–H groups in total. The quantitative estimate of drug-likeness (QED) is 0.867. The molecule has 0 saturated heterocycles. The van der Waals surface area contributed by atoms with Crippen LogP contribution in [0.2, 0.25) is 0 Å². The predicted octanol–water partition coefficient (Wildman–Crippen LogP) is 1.89. The van der Waals surface area contributed by atoms with Gasteiger partial charge in [0.05, 0.1) is 6.20 Å². The van der Waals surface area contributed by atoms with E-state index in [1.807, 2.05) is 6.92 Å². The molecule has 1 aromatic rings. The van der Waals surface area contributed by atoms with Crippen LogP contribution in [0.4, 0.5) is 5.82 Å². The molecule has 1 aliphatic rings. The molecule has 0 unspecified atom stereocenters. The summed E-state index contributed by atoms with van der Waals surface area (Å²) in [6, 6.07) is -0.184. The Labute approximate surface area is 124 Å². The summed E-state index contributed by atoms with van der Waals surface area (Å²) in [5.41, 5.74) is 0. The van der Waals surface area contributed by atoms with E-state index in [1.54, 1.807) is 6.20 Å². The summed E-state index contributed by atoms with van der Waals surface area (Å²) in [6.45, 7) is 1.84. The Bertz CT molecular complexity index is 472. The highest BCUT2D eigenvalue weighted by molar-refractivity contribution is 5.90. The minimum absolute atomic E-state index is 0.0782. The van der Waals surface area contributed by atoms with Gasteiger partial charge in [0.2, 0.25) is 11.8 Å². The van der Waals surface area contributed by atoms with E-state index in [-0.39, 0.29) is 30.2 Å². The van der Waals surface area contributed by atoms with Crippen molar-refractivity contribution in [3.8, 4) is 0 Å². The molecule has 2 amide bonds. The molecule has 1 aliphatic carbocycles. The van der Waals surface area contributed by atoms with Crippen molar-refractivity contribution in [2.75, 3.05) is 5.32 Å². The second-order valence-electron chi connectivity index (χ2n) is 5.59. The highest BCUT2D eigenvalue weighted by atomic mass is 16.2. The third-order valence-electron chi connectivity index (χ3n) is 3.69. The van der Waals surface area contributed by atoms with Crippen molar-refractivity contribution in [1.82, 2.24) is 15.3 Å². The van der Waals surface area contributed by atoms with E-state index in [0.29, 0.717) is 5.82 Å². The third kappa shape index (κ3) is 5.13. The molecule has 0 bridgehead atoms. The van der Waals surface area contributed by atoms with Gasteiger partial charge in [-0.15, -0.1) is 0 Å². The Morgan fingerprint density at radius 2 is 2.05 bits per heavy atom. The first-order valence-electron chi connectivity index (χ1n) is 7.51. The van der Waals surface area contributed by atoms with Crippen molar-refractivity contribution in [2.24, 2.45) is 5.92 Å². The fraction of sp³-hybridized carbons (Fsp3) is 0.600. The molecule has 2 rings (SSSR count). The van der Waals surface area contributed by atoms with E-state index in [2.05, 4.69) is 20.6 Å². The van der Waals surface area contributed by atoms with Gasteiger partial charge in [-0.1, -0.05) is 19.3 Å². The van der Waals surface area contributed by atoms with Crippen molar-refractivity contribution in [2.45, 2.75) is 51.5 Å². The van der Waals surface area contributed by atoms with Crippen LogP contribution in [-0.4, -0.2) is 27.8 Å². The van der Waals surface area contributed by atoms with Gasteiger partial charge in [-0.05, 0) is 19.8 Å². The first-order valence-corrected chi connectivity index (χ1v) is 7.51. The van der Waals surface area contributed by atoms with E-state index < -0.39 is 0 Å². The lowest BCUT2D eigenvalue weighted by Crippen LogP contribution is -2.39. The van der Waals surface area contributed by atoms with Gasteiger partial charge in [0.1, 0.15) is 0 Å². The van der Waals surface area contributed by atoms with Crippen molar-refractivity contribution >= 4 is 17.6 Å². The second-order valence-corrected chi connectivity index (χ2v) is 5.59. The van der Waals surface area contributed by atoms with Gasteiger partial charge in [0.15, 0.2) is 5.82 Å².